The van der Waals surface area contributed by atoms with Crippen molar-refractivity contribution >= 4 is 11.7 Å². The van der Waals surface area contributed by atoms with Gasteiger partial charge in [0.2, 0.25) is 0 Å². The van der Waals surface area contributed by atoms with E-state index in [1.165, 1.54) is 0 Å². The van der Waals surface area contributed by atoms with Crippen LogP contribution in [0.5, 0.6) is 0 Å². The smallest absolute Gasteiger partial charge is 0.319 e. The number of benzene rings is 2. The van der Waals surface area contributed by atoms with Crippen LogP contribution >= 0.6 is 0 Å². The molecule has 2 N–H and O–H groups in total. The standard InChI is InChI=1S/C18H18N4O/c1-14-6-8-16(9-7-14)21-18(23)20-12-15-4-2-3-5-17(15)22-11-10-19-13-22/h2-11,13H,12H2,1H3,(H2,20,21,23). The first-order chi connectivity index (χ1) is 11.2. The van der Waals surface area contributed by atoms with Crippen LogP contribution in [0.25, 0.3) is 5.69 Å². The van der Waals surface area contributed by atoms with Crippen LogP contribution in [0.1, 0.15) is 11.1 Å². The number of nitrogens with zero attached hydrogens (tertiary/aromatic N) is 2. The third-order valence-corrected chi connectivity index (χ3v) is 3.52. The molecule has 116 valence electrons. The van der Waals surface area contributed by atoms with Crippen molar-refractivity contribution in [2.75, 3.05) is 5.32 Å². The van der Waals surface area contributed by atoms with Crippen molar-refractivity contribution in [3.8, 4) is 5.69 Å². The van der Waals surface area contributed by atoms with Crippen LogP contribution in [-0.4, -0.2) is 15.6 Å². The fourth-order valence-corrected chi connectivity index (χ4v) is 2.30. The number of carbonyl (C=O) groups is 1. The van der Waals surface area contributed by atoms with E-state index >= 15 is 0 Å². The lowest BCUT2D eigenvalue weighted by Crippen LogP contribution is -2.28. The van der Waals surface area contributed by atoms with Gasteiger partial charge in [-0.1, -0.05) is 35.9 Å². The third kappa shape index (κ3) is 3.77. The number of imidazole rings is 1. The van der Waals surface area contributed by atoms with Crippen molar-refractivity contribution in [3.63, 3.8) is 0 Å². The summed E-state index contributed by atoms with van der Waals surface area (Å²) in [6.07, 6.45) is 5.35. The highest BCUT2D eigenvalue weighted by atomic mass is 16.2. The topological polar surface area (TPSA) is 59.0 Å². The minimum Gasteiger partial charge on any atom is -0.334 e. The highest BCUT2D eigenvalue weighted by Gasteiger charge is 2.06. The molecule has 3 rings (SSSR count). The Morgan fingerprint density at radius 3 is 2.65 bits per heavy atom. The molecular formula is C18H18N4O. The van der Waals surface area contributed by atoms with Crippen LogP contribution in [0.3, 0.4) is 0 Å². The van der Waals surface area contributed by atoms with E-state index in [-0.39, 0.29) is 6.03 Å². The second kappa shape index (κ2) is 6.79. The number of amides is 2. The number of nitrogens with one attached hydrogen (secondary N) is 2. The summed E-state index contributed by atoms with van der Waals surface area (Å²) in [6.45, 7) is 2.45. The number of para-hydroxylation sites is 1. The lowest BCUT2D eigenvalue weighted by Gasteiger charge is -2.12. The van der Waals surface area contributed by atoms with E-state index in [0.717, 1.165) is 22.5 Å². The average Bonchev–Trinajstić information content (AvgIpc) is 3.10. The molecule has 2 aromatic carbocycles. The Morgan fingerprint density at radius 1 is 1.13 bits per heavy atom. The van der Waals surface area contributed by atoms with Gasteiger partial charge in [0, 0.05) is 24.6 Å². The molecule has 0 atom stereocenters. The molecule has 0 aliphatic carbocycles. The van der Waals surface area contributed by atoms with Gasteiger partial charge in [0.05, 0.1) is 12.0 Å². The molecule has 0 bridgehead atoms. The first-order valence-corrected chi connectivity index (χ1v) is 7.40. The summed E-state index contributed by atoms with van der Waals surface area (Å²) in [5.41, 5.74) is 3.95. The summed E-state index contributed by atoms with van der Waals surface area (Å²) >= 11 is 0. The predicted molar refractivity (Wildman–Crippen MR) is 90.6 cm³/mol. The molecule has 23 heavy (non-hydrogen) atoms. The van der Waals surface area contributed by atoms with Crippen LogP contribution < -0.4 is 10.6 Å². The minimum atomic E-state index is -0.228. The fraction of sp³-hybridized carbons (Fsp3) is 0.111. The molecule has 1 aromatic heterocycles. The van der Waals surface area contributed by atoms with Gasteiger partial charge in [-0.25, -0.2) is 9.78 Å². The molecular weight excluding hydrogens is 288 g/mol. The third-order valence-electron chi connectivity index (χ3n) is 3.52. The Morgan fingerprint density at radius 2 is 1.91 bits per heavy atom. The SMILES string of the molecule is Cc1ccc(NC(=O)NCc2ccccc2-n2ccnc2)cc1. The van der Waals surface area contributed by atoms with Gasteiger partial charge in [-0.3, -0.25) is 0 Å². The summed E-state index contributed by atoms with van der Waals surface area (Å²) in [6, 6.07) is 15.4. The van der Waals surface area contributed by atoms with Gasteiger partial charge in [-0.2, -0.15) is 0 Å². The molecule has 0 aliphatic rings. The summed E-state index contributed by atoms with van der Waals surface area (Å²) in [5, 5.41) is 5.71. The van der Waals surface area contributed by atoms with Crippen molar-refractivity contribution in [1.29, 1.82) is 0 Å². The van der Waals surface area contributed by atoms with E-state index in [1.54, 1.807) is 12.5 Å². The van der Waals surface area contributed by atoms with E-state index in [1.807, 2.05) is 66.2 Å². The lowest BCUT2D eigenvalue weighted by atomic mass is 10.1. The van der Waals surface area contributed by atoms with Gasteiger partial charge in [-0.05, 0) is 30.7 Å². The molecule has 0 aliphatic heterocycles. The van der Waals surface area contributed by atoms with Gasteiger partial charge in [-0.15, -0.1) is 0 Å². The summed E-state index contributed by atoms with van der Waals surface area (Å²) in [5.74, 6) is 0. The van der Waals surface area contributed by atoms with E-state index in [2.05, 4.69) is 15.6 Å². The molecule has 0 saturated carbocycles. The van der Waals surface area contributed by atoms with Crippen LogP contribution in [0.2, 0.25) is 0 Å². The van der Waals surface area contributed by atoms with Crippen LogP contribution in [-0.2, 0) is 6.54 Å². The molecule has 2 amide bonds. The summed E-state index contributed by atoms with van der Waals surface area (Å²) in [4.78, 5) is 16.1. The summed E-state index contributed by atoms with van der Waals surface area (Å²) in [7, 11) is 0. The number of carbonyl (C=O) groups excluding carboxylic acids is 1. The largest absolute Gasteiger partial charge is 0.334 e. The van der Waals surface area contributed by atoms with Gasteiger partial charge in [0.25, 0.3) is 0 Å². The Hall–Kier alpha value is -3.08. The highest BCUT2D eigenvalue weighted by molar-refractivity contribution is 5.89. The number of hydrogen-bond acceptors (Lipinski definition) is 2. The van der Waals surface area contributed by atoms with E-state index in [4.69, 9.17) is 0 Å². The Kier molecular flexibility index (Phi) is 4.38. The molecule has 5 nitrogen and oxygen atoms in total. The van der Waals surface area contributed by atoms with Crippen molar-refractivity contribution in [2.24, 2.45) is 0 Å². The van der Waals surface area contributed by atoms with Gasteiger partial charge in [0.15, 0.2) is 0 Å². The van der Waals surface area contributed by atoms with Crippen molar-refractivity contribution < 1.29 is 4.79 Å². The quantitative estimate of drug-likeness (QED) is 0.775. The van der Waals surface area contributed by atoms with Gasteiger partial charge >= 0.3 is 6.03 Å². The number of aromatic nitrogens is 2. The lowest BCUT2D eigenvalue weighted by molar-refractivity contribution is 0.251. The monoisotopic (exact) mass is 306 g/mol. The molecule has 0 unspecified atom stereocenters. The highest BCUT2D eigenvalue weighted by Crippen LogP contribution is 2.14. The molecule has 3 aromatic rings. The molecule has 0 radical (unpaired) electrons. The maximum atomic E-state index is 12.0. The van der Waals surface area contributed by atoms with Crippen LogP contribution in [0.15, 0.2) is 67.3 Å². The van der Waals surface area contributed by atoms with Crippen LogP contribution in [0.4, 0.5) is 10.5 Å². The number of aryl methyl sites for hydroxylation is 1. The maximum absolute atomic E-state index is 12.0. The number of rotatable bonds is 4. The normalized spacial score (nSPS) is 10.3. The molecule has 0 saturated heterocycles. The van der Waals surface area contributed by atoms with Gasteiger partial charge in [0.1, 0.15) is 0 Å². The fourth-order valence-electron chi connectivity index (χ4n) is 2.30. The van der Waals surface area contributed by atoms with Gasteiger partial charge < -0.3 is 15.2 Å². The Labute approximate surface area is 135 Å². The number of hydrogen-bond donors (Lipinski definition) is 2. The zero-order chi connectivity index (χ0) is 16.1. The predicted octanol–water partition coefficient (Wildman–Crippen LogP) is 3.50. The number of anilines is 1. The Balaban J connectivity index is 1.64. The van der Waals surface area contributed by atoms with Crippen molar-refractivity contribution in [1.82, 2.24) is 14.9 Å². The van der Waals surface area contributed by atoms with Crippen molar-refractivity contribution in [2.45, 2.75) is 13.5 Å². The summed E-state index contributed by atoms with van der Waals surface area (Å²) < 4.78 is 1.93. The van der Waals surface area contributed by atoms with Crippen molar-refractivity contribution in [3.05, 3.63) is 78.4 Å². The zero-order valence-corrected chi connectivity index (χ0v) is 12.9. The second-order valence-electron chi connectivity index (χ2n) is 5.27. The maximum Gasteiger partial charge on any atom is 0.319 e. The molecule has 1 heterocycles. The molecule has 5 heteroatoms. The van der Waals surface area contributed by atoms with E-state index in [0.29, 0.717) is 6.54 Å². The number of urea groups is 1. The van der Waals surface area contributed by atoms with E-state index in [9.17, 15) is 4.79 Å². The first-order valence-electron chi connectivity index (χ1n) is 7.40. The first kappa shape index (κ1) is 14.8. The minimum absolute atomic E-state index is 0.228. The zero-order valence-electron chi connectivity index (χ0n) is 12.9. The Bertz CT molecular complexity index is 779. The second-order valence-corrected chi connectivity index (χ2v) is 5.27. The van der Waals surface area contributed by atoms with E-state index < -0.39 is 0 Å². The van der Waals surface area contributed by atoms with Crippen LogP contribution in [0, 0.1) is 6.92 Å². The molecule has 0 spiro atoms. The molecule has 0 fully saturated rings. The average molecular weight is 306 g/mol.